The molecule has 4 rings (SSSR count). The minimum absolute atomic E-state index is 0.0829. The molecule has 7 heteroatoms. The summed E-state index contributed by atoms with van der Waals surface area (Å²) in [5, 5.41) is 11.0. The first kappa shape index (κ1) is 22.3. The molecule has 4 nitrogen and oxygen atoms in total. The van der Waals surface area contributed by atoms with Crippen molar-refractivity contribution in [3.05, 3.63) is 106 Å². The Morgan fingerprint density at radius 3 is 2.03 bits per heavy atom. The summed E-state index contributed by atoms with van der Waals surface area (Å²) in [5.41, 5.74) is 1.48. The van der Waals surface area contributed by atoms with E-state index in [1.165, 1.54) is 12.1 Å². The van der Waals surface area contributed by atoms with Gasteiger partial charge in [-0.3, -0.25) is 14.5 Å². The third-order valence-corrected chi connectivity index (χ3v) is 5.61. The Hall–Kier alpha value is -3.87. The molecule has 0 bridgehead atoms. The SMILES string of the molecule is Cc1ccc(C(O)=C2C(=O)C(=O)N(c3cccc(C(F)(F)F)c3)C2c2ccc(C)cc2)cc1. The lowest BCUT2D eigenvalue weighted by molar-refractivity contribution is -0.137. The number of rotatable bonds is 3. The van der Waals surface area contributed by atoms with Crippen LogP contribution < -0.4 is 4.90 Å². The maximum Gasteiger partial charge on any atom is 0.416 e. The number of hydrogen-bond donors (Lipinski definition) is 1. The third-order valence-electron chi connectivity index (χ3n) is 5.61. The van der Waals surface area contributed by atoms with Gasteiger partial charge in [0, 0.05) is 11.3 Å². The van der Waals surface area contributed by atoms with E-state index in [0.29, 0.717) is 11.1 Å². The zero-order valence-electron chi connectivity index (χ0n) is 17.9. The Morgan fingerprint density at radius 1 is 0.879 bits per heavy atom. The molecule has 33 heavy (non-hydrogen) atoms. The standard InChI is InChI=1S/C26H20F3NO3/c1-15-6-10-17(11-7-15)22-21(23(31)18-12-8-16(2)9-13-18)24(32)25(33)30(22)20-5-3-4-19(14-20)26(27,28)29/h3-14,22,31H,1-2H3. The minimum Gasteiger partial charge on any atom is -0.507 e. The number of alkyl halides is 3. The number of nitrogens with zero attached hydrogens (tertiary/aromatic N) is 1. The van der Waals surface area contributed by atoms with E-state index >= 15 is 0 Å². The lowest BCUT2D eigenvalue weighted by atomic mass is 9.94. The number of carbonyl (C=O) groups excluding carboxylic acids is 2. The molecular formula is C26H20F3NO3. The second-order valence-electron chi connectivity index (χ2n) is 7.99. The normalized spacial score (nSPS) is 18.1. The molecule has 1 N–H and O–H groups in total. The van der Waals surface area contributed by atoms with Crippen LogP contribution in [0.2, 0.25) is 0 Å². The molecule has 0 aromatic heterocycles. The van der Waals surface area contributed by atoms with Crippen LogP contribution in [0.15, 0.2) is 78.4 Å². The number of benzene rings is 3. The molecule has 3 aromatic rings. The van der Waals surface area contributed by atoms with Crippen LogP contribution in [0.4, 0.5) is 18.9 Å². The molecule has 3 aromatic carbocycles. The fourth-order valence-electron chi connectivity index (χ4n) is 3.86. The van der Waals surface area contributed by atoms with Crippen molar-refractivity contribution in [1.82, 2.24) is 0 Å². The summed E-state index contributed by atoms with van der Waals surface area (Å²) < 4.78 is 40.0. The van der Waals surface area contributed by atoms with Gasteiger partial charge in [-0.25, -0.2) is 0 Å². The first-order valence-corrected chi connectivity index (χ1v) is 10.2. The molecule has 1 aliphatic heterocycles. The molecular weight excluding hydrogens is 431 g/mol. The number of hydrogen-bond acceptors (Lipinski definition) is 3. The molecule has 0 aliphatic carbocycles. The highest BCUT2D eigenvalue weighted by Gasteiger charge is 2.47. The monoisotopic (exact) mass is 451 g/mol. The van der Waals surface area contributed by atoms with E-state index in [2.05, 4.69) is 0 Å². The van der Waals surface area contributed by atoms with E-state index in [-0.39, 0.29) is 17.0 Å². The molecule has 1 saturated heterocycles. The number of halogens is 3. The number of aliphatic hydroxyl groups is 1. The van der Waals surface area contributed by atoms with Gasteiger partial charge in [0.25, 0.3) is 11.7 Å². The highest BCUT2D eigenvalue weighted by atomic mass is 19.4. The summed E-state index contributed by atoms with van der Waals surface area (Å²) in [6.45, 7) is 3.72. The number of anilines is 1. The Labute approximate surface area is 188 Å². The van der Waals surface area contributed by atoms with E-state index in [0.717, 1.165) is 28.2 Å². The predicted molar refractivity (Wildman–Crippen MR) is 119 cm³/mol. The number of Topliss-reactive ketones (excluding diaryl/α,β-unsaturated/α-hetero) is 1. The summed E-state index contributed by atoms with van der Waals surface area (Å²) in [6.07, 6.45) is -4.62. The molecule has 1 fully saturated rings. The lowest BCUT2D eigenvalue weighted by Gasteiger charge is -2.26. The van der Waals surface area contributed by atoms with Gasteiger partial charge < -0.3 is 5.11 Å². The van der Waals surface area contributed by atoms with E-state index in [4.69, 9.17) is 0 Å². The summed E-state index contributed by atoms with van der Waals surface area (Å²) in [5.74, 6) is -2.35. The first-order valence-electron chi connectivity index (χ1n) is 10.2. The summed E-state index contributed by atoms with van der Waals surface area (Å²) in [4.78, 5) is 27.2. The van der Waals surface area contributed by atoms with Crippen LogP contribution >= 0.6 is 0 Å². The van der Waals surface area contributed by atoms with Gasteiger partial charge in [-0.05, 0) is 37.6 Å². The number of amides is 1. The predicted octanol–water partition coefficient (Wildman–Crippen LogP) is 5.95. The second kappa shape index (κ2) is 8.24. The van der Waals surface area contributed by atoms with Crippen LogP contribution in [0.3, 0.4) is 0 Å². The van der Waals surface area contributed by atoms with E-state index in [9.17, 15) is 27.9 Å². The number of aliphatic hydroxyl groups excluding tert-OH is 1. The average Bonchev–Trinajstić information content (AvgIpc) is 3.04. The summed E-state index contributed by atoms with van der Waals surface area (Å²) in [6, 6.07) is 16.8. The zero-order valence-corrected chi connectivity index (χ0v) is 17.9. The topological polar surface area (TPSA) is 57.6 Å². The average molecular weight is 451 g/mol. The minimum atomic E-state index is -4.62. The number of carbonyl (C=O) groups is 2. The maximum absolute atomic E-state index is 13.3. The Balaban J connectivity index is 1.94. The van der Waals surface area contributed by atoms with E-state index < -0.39 is 29.5 Å². The van der Waals surface area contributed by atoms with Crippen LogP contribution in [-0.2, 0) is 15.8 Å². The Bertz CT molecular complexity index is 1260. The van der Waals surface area contributed by atoms with Gasteiger partial charge in [0.2, 0.25) is 0 Å². The van der Waals surface area contributed by atoms with E-state index in [1.54, 1.807) is 48.5 Å². The molecule has 0 saturated carbocycles. The molecule has 1 aliphatic rings. The van der Waals surface area contributed by atoms with Crippen molar-refractivity contribution in [2.45, 2.75) is 26.1 Å². The van der Waals surface area contributed by atoms with Crippen molar-refractivity contribution in [1.29, 1.82) is 0 Å². The molecule has 1 atom stereocenters. The molecule has 0 radical (unpaired) electrons. The molecule has 1 heterocycles. The largest absolute Gasteiger partial charge is 0.507 e. The third kappa shape index (κ3) is 4.14. The smallest absolute Gasteiger partial charge is 0.416 e. The van der Waals surface area contributed by atoms with E-state index in [1.807, 2.05) is 13.8 Å². The van der Waals surface area contributed by atoms with Gasteiger partial charge >= 0.3 is 6.18 Å². The highest BCUT2D eigenvalue weighted by Crippen LogP contribution is 2.43. The van der Waals surface area contributed by atoms with Gasteiger partial charge in [0.05, 0.1) is 17.2 Å². The quantitative estimate of drug-likeness (QED) is 0.304. The van der Waals surface area contributed by atoms with Gasteiger partial charge in [0.15, 0.2) is 0 Å². The van der Waals surface area contributed by atoms with Crippen LogP contribution in [-0.4, -0.2) is 16.8 Å². The van der Waals surface area contributed by atoms with Crippen molar-refractivity contribution in [2.24, 2.45) is 0 Å². The van der Waals surface area contributed by atoms with Gasteiger partial charge in [-0.2, -0.15) is 13.2 Å². The second-order valence-corrected chi connectivity index (χ2v) is 7.99. The van der Waals surface area contributed by atoms with Crippen molar-refractivity contribution in [3.8, 4) is 0 Å². The summed E-state index contributed by atoms with van der Waals surface area (Å²) >= 11 is 0. The molecule has 0 spiro atoms. The van der Waals surface area contributed by atoms with Crippen molar-refractivity contribution in [2.75, 3.05) is 4.90 Å². The zero-order chi connectivity index (χ0) is 23.9. The Morgan fingerprint density at radius 2 is 1.45 bits per heavy atom. The summed E-state index contributed by atoms with van der Waals surface area (Å²) in [7, 11) is 0. The molecule has 1 unspecified atom stereocenters. The van der Waals surface area contributed by atoms with Crippen molar-refractivity contribution in [3.63, 3.8) is 0 Å². The molecule has 168 valence electrons. The fourth-order valence-corrected chi connectivity index (χ4v) is 3.86. The number of aryl methyl sites for hydroxylation is 2. The maximum atomic E-state index is 13.3. The van der Waals surface area contributed by atoms with Crippen LogP contribution in [0.1, 0.15) is 33.9 Å². The van der Waals surface area contributed by atoms with Crippen LogP contribution in [0.5, 0.6) is 0 Å². The first-order chi connectivity index (χ1) is 15.6. The van der Waals surface area contributed by atoms with Gasteiger partial charge in [-0.1, -0.05) is 65.7 Å². The van der Waals surface area contributed by atoms with Crippen molar-refractivity contribution < 1.29 is 27.9 Å². The highest BCUT2D eigenvalue weighted by molar-refractivity contribution is 6.51. The van der Waals surface area contributed by atoms with Crippen LogP contribution in [0.25, 0.3) is 5.76 Å². The fraction of sp³-hybridized carbons (Fsp3) is 0.154. The van der Waals surface area contributed by atoms with Gasteiger partial charge in [-0.15, -0.1) is 0 Å². The van der Waals surface area contributed by atoms with Crippen molar-refractivity contribution >= 4 is 23.1 Å². The van der Waals surface area contributed by atoms with Crippen LogP contribution in [0, 0.1) is 13.8 Å². The molecule has 1 amide bonds. The Kier molecular flexibility index (Phi) is 5.57. The number of ketones is 1. The lowest BCUT2D eigenvalue weighted by Crippen LogP contribution is -2.29. The van der Waals surface area contributed by atoms with Gasteiger partial charge in [0.1, 0.15) is 5.76 Å².